The van der Waals surface area contributed by atoms with Crippen LogP contribution < -0.4 is 32.1 Å². The molecule has 0 saturated carbocycles. The van der Waals surface area contributed by atoms with Gasteiger partial charge in [0, 0.05) is 0 Å². The molecule has 24 heteroatoms. The molecule has 0 aromatic carbocycles. The minimum atomic E-state index is -1.75. The number of nitrogen functional groups attached to an aromatic ring is 2. The SMILES string of the molecule is CN[C@H](C(=O)OC[C@H]1O[C@@H](n2c(=O)sc3c(O)nc(N)nc32)[C@H](O)[C@@H]1OO[C@H]1[C@@H](O)[C@H](n2c(=O)sc3c(=O)nc(N)[nH]c32)O[C@@H]1CO)C(C)C. The number of esters is 1. The molecule has 0 aliphatic carbocycles. The van der Waals surface area contributed by atoms with Gasteiger partial charge in [-0.25, -0.2) is 9.78 Å². The molecule has 10 N–H and O–H groups in total. The lowest BCUT2D eigenvalue weighted by atomic mass is 10.1. The Morgan fingerprint density at radius 2 is 1.58 bits per heavy atom. The number of hydrogen-bond acceptors (Lipinski definition) is 21. The zero-order valence-corrected chi connectivity index (χ0v) is 28.0. The van der Waals surface area contributed by atoms with E-state index in [2.05, 4.69) is 25.3 Å². The Kier molecular flexibility index (Phi) is 9.92. The Morgan fingerprint density at radius 3 is 2.22 bits per heavy atom. The van der Waals surface area contributed by atoms with Gasteiger partial charge in [-0.05, 0) is 13.0 Å². The molecule has 4 aromatic heterocycles. The fourth-order valence-electron chi connectivity index (χ4n) is 5.82. The number of aromatic hydroxyl groups is 1. The van der Waals surface area contributed by atoms with E-state index in [4.69, 9.17) is 35.5 Å². The van der Waals surface area contributed by atoms with Crippen LogP contribution in [-0.4, -0.2) is 118 Å². The lowest BCUT2D eigenvalue weighted by Crippen LogP contribution is -2.44. The Morgan fingerprint density at radius 1 is 0.980 bits per heavy atom. The predicted molar refractivity (Wildman–Crippen MR) is 172 cm³/mol. The maximum absolute atomic E-state index is 13.1. The molecule has 0 spiro atoms. The number of carbonyl (C=O) groups is 1. The first kappa shape index (κ1) is 35.7. The van der Waals surface area contributed by atoms with Crippen molar-refractivity contribution in [1.82, 2.24) is 34.4 Å². The molecule has 0 radical (unpaired) electrons. The molecule has 6 rings (SSSR count). The lowest BCUT2D eigenvalue weighted by molar-refractivity contribution is -0.377. The van der Waals surface area contributed by atoms with Crippen LogP contribution in [0.5, 0.6) is 5.88 Å². The highest BCUT2D eigenvalue weighted by atomic mass is 32.1. The summed E-state index contributed by atoms with van der Waals surface area (Å²) in [5.74, 6) is -2.07. The molecule has 4 aromatic rings. The van der Waals surface area contributed by atoms with E-state index in [9.17, 15) is 39.6 Å². The smallest absolute Gasteiger partial charge is 0.323 e. The van der Waals surface area contributed by atoms with Gasteiger partial charge in [0.25, 0.3) is 5.56 Å². The first-order chi connectivity index (χ1) is 23.7. The third-order valence-electron chi connectivity index (χ3n) is 8.17. The van der Waals surface area contributed by atoms with Crippen LogP contribution in [0.4, 0.5) is 11.9 Å². The van der Waals surface area contributed by atoms with E-state index in [1.165, 1.54) is 0 Å². The molecular weight excluding hydrogens is 710 g/mol. The lowest BCUT2D eigenvalue weighted by Gasteiger charge is -2.25. The highest BCUT2D eigenvalue weighted by Gasteiger charge is 2.52. The molecule has 9 atom stereocenters. The van der Waals surface area contributed by atoms with Crippen LogP contribution in [-0.2, 0) is 28.8 Å². The van der Waals surface area contributed by atoms with Crippen molar-refractivity contribution < 1.29 is 49.2 Å². The molecular formula is C26H33N9O13S2. The molecule has 0 unspecified atom stereocenters. The number of ether oxygens (including phenoxy) is 3. The highest BCUT2D eigenvalue weighted by Crippen LogP contribution is 2.38. The monoisotopic (exact) mass is 743 g/mol. The van der Waals surface area contributed by atoms with Crippen LogP contribution in [0.1, 0.15) is 26.3 Å². The normalized spacial score (nSPS) is 27.5. The van der Waals surface area contributed by atoms with Crippen LogP contribution in [0.3, 0.4) is 0 Å². The number of carbonyl (C=O) groups excluding carboxylic acids is 1. The molecule has 22 nitrogen and oxygen atoms in total. The molecule has 2 aliphatic heterocycles. The van der Waals surface area contributed by atoms with Gasteiger partial charge in [-0.15, -0.1) is 0 Å². The van der Waals surface area contributed by atoms with Crippen molar-refractivity contribution in [2.24, 2.45) is 5.92 Å². The summed E-state index contributed by atoms with van der Waals surface area (Å²) in [6, 6.07) is -0.704. The number of nitrogens with zero attached hydrogens (tertiary/aromatic N) is 5. The topological polar surface area (TPSA) is 324 Å². The van der Waals surface area contributed by atoms with Gasteiger partial charge in [0.15, 0.2) is 30.3 Å². The fraction of sp³-hybridized carbons (Fsp3) is 0.577. The number of aliphatic hydroxyl groups is 3. The van der Waals surface area contributed by atoms with E-state index in [0.29, 0.717) is 22.7 Å². The second kappa shape index (κ2) is 13.9. The third kappa shape index (κ3) is 6.22. The summed E-state index contributed by atoms with van der Waals surface area (Å²) in [5, 5.41) is 45.9. The number of aromatic amines is 1. The van der Waals surface area contributed by atoms with Gasteiger partial charge in [0.2, 0.25) is 17.8 Å². The summed E-state index contributed by atoms with van der Waals surface area (Å²) < 4.78 is 18.9. The van der Waals surface area contributed by atoms with E-state index in [-0.39, 0.29) is 38.5 Å². The summed E-state index contributed by atoms with van der Waals surface area (Å²) in [7, 11) is 1.57. The Labute approximate surface area is 286 Å². The summed E-state index contributed by atoms with van der Waals surface area (Å²) in [6.07, 6.45) is -12.2. The van der Waals surface area contributed by atoms with Crippen molar-refractivity contribution in [3.63, 3.8) is 0 Å². The molecule has 0 bridgehead atoms. The number of rotatable bonds is 11. The first-order valence-corrected chi connectivity index (χ1v) is 16.6. The number of likely N-dealkylation sites (N-methyl/N-ethyl adjacent to an activating group) is 1. The van der Waals surface area contributed by atoms with E-state index in [0.717, 1.165) is 9.13 Å². The summed E-state index contributed by atoms with van der Waals surface area (Å²) in [6.45, 7) is 2.33. The van der Waals surface area contributed by atoms with E-state index in [1.54, 1.807) is 20.9 Å². The number of aromatic nitrogens is 6. The number of hydrogen-bond donors (Lipinski definition) is 8. The number of nitrogens with one attached hydrogen (secondary N) is 2. The molecule has 6 heterocycles. The van der Waals surface area contributed by atoms with Gasteiger partial charge in [0.1, 0.15) is 52.1 Å². The number of fused-ring (bicyclic) bond motifs is 2. The molecule has 2 fully saturated rings. The Bertz CT molecular complexity index is 2080. The molecule has 50 heavy (non-hydrogen) atoms. The number of aliphatic hydroxyl groups excluding tert-OH is 3. The van der Waals surface area contributed by atoms with Crippen LogP contribution in [0.2, 0.25) is 0 Å². The predicted octanol–water partition coefficient (Wildman–Crippen LogP) is -3.14. The summed E-state index contributed by atoms with van der Waals surface area (Å²) in [5.41, 5.74) is 10.3. The summed E-state index contributed by atoms with van der Waals surface area (Å²) in [4.78, 5) is 74.7. The van der Waals surface area contributed by atoms with Gasteiger partial charge in [0.05, 0.1) is 6.61 Å². The van der Waals surface area contributed by atoms with Gasteiger partial charge in [-0.1, -0.05) is 36.5 Å². The third-order valence-corrected chi connectivity index (χ3v) is 10.1. The van der Waals surface area contributed by atoms with Crippen LogP contribution in [0.25, 0.3) is 20.7 Å². The quantitative estimate of drug-likeness (QED) is 0.0427. The van der Waals surface area contributed by atoms with Gasteiger partial charge < -0.3 is 56.4 Å². The van der Waals surface area contributed by atoms with Crippen LogP contribution >= 0.6 is 22.7 Å². The van der Waals surface area contributed by atoms with Crippen LogP contribution in [0.15, 0.2) is 14.4 Å². The molecule has 2 aliphatic rings. The van der Waals surface area contributed by atoms with Gasteiger partial charge >= 0.3 is 15.7 Å². The highest BCUT2D eigenvalue weighted by molar-refractivity contribution is 7.16. The second-order valence-electron chi connectivity index (χ2n) is 11.7. The Hall–Kier alpha value is -4.11. The zero-order valence-electron chi connectivity index (χ0n) is 26.4. The molecule has 272 valence electrons. The number of anilines is 2. The van der Waals surface area contributed by atoms with Crippen molar-refractivity contribution in [2.45, 2.75) is 69.0 Å². The number of thiazole rings is 2. The van der Waals surface area contributed by atoms with Crippen molar-refractivity contribution >= 4 is 61.2 Å². The first-order valence-electron chi connectivity index (χ1n) is 15.0. The van der Waals surface area contributed by atoms with Gasteiger partial charge in [-0.3, -0.25) is 28.3 Å². The maximum atomic E-state index is 13.1. The van der Waals surface area contributed by atoms with Crippen molar-refractivity contribution in [2.75, 3.05) is 31.7 Å². The molecule has 0 amide bonds. The van der Waals surface area contributed by atoms with Crippen molar-refractivity contribution in [3.8, 4) is 5.88 Å². The number of nitrogens with two attached hydrogens (primary N) is 2. The average Bonchev–Trinajstić information content (AvgIpc) is 3.75. The van der Waals surface area contributed by atoms with E-state index < -0.39 is 95.5 Å². The van der Waals surface area contributed by atoms with Crippen LogP contribution in [0, 0.1) is 5.92 Å². The minimum absolute atomic E-state index is 0.0458. The van der Waals surface area contributed by atoms with E-state index in [1.807, 2.05) is 0 Å². The average molecular weight is 744 g/mol. The maximum Gasteiger partial charge on any atom is 0.323 e. The van der Waals surface area contributed by atoms with Crippen molar-refractivity contribution in [1.29, 1.82) is 0 Å². The largest absolute Gasteiger partial charge is 0.492 e. The summed E-state index contributed by atoms with van der Waals surface area (Å²) >= 11 is 1.08. The fourth-order valence-corrected chi connectivity index (χ4v) is 7.51. The Balaban J connectivity index is 1.29. The number of H-pyrrole nitrogens is 1. The van der Waals surface area contributed by atoms with E-state index >= 15 is 0 Å². The molecule has 2 saturated heterocycles. The standard InChI is InChI=1S/C26H33N9O13S2/c1-6(2)9(29-3)22(41)44-5-8-13(11(38)21(46-8)35-17-15(50-26(35)43)19(40)33-24(28)31-17)48-47-12-7(4-36)45-20(10(12)37)34-16-14(49-25(34)42)18(39)32-23(27)30-16/h6-13,20-21,29,36-38H,4-5H2,1-3H3,(H3,27,30,32,39)(H3,28,31,33,40)/t7-,8-,9+,10-,11-,12-,13-,20-,21-/m1/s1. The second-order valence-corrected chi connectivity index (χ2v) is 13.6. The minimum Gasteiger partial charge on any atom is -0.492 e. The van der Waals surface area contributed by atoms with Crippen molar-refractivity contribution in [3.05, 3.63) is 29.7 Å². The zero-order chi connectivity index (χ0) is 36.2. The van der Waals surface area contributed by atoms with Gasteiger partial charge in [-0.2, -0.15) is 15.0 Å².